The van der Waals surface area contributed by atoms with Gasteiger partial charge in [-0.25, -0.2) is 9.78 Å². The number of esters is 1. The number of methoxy groups -OCH3 is 2. The Kier molecular flexibility index (Phi) is 4.15. The van der Waals surface area contributed by atoms with E-state index in [9.17, 15) is 4.79 Å². The quantitative estimate of drug-likeness (QED) is 0.826. The minimum absolute atomic E-state index is 0.236. The number of carbonyl (C=O) groups excluding carboxylic acids is 1. The Morgan fingerprint density at radius 2 is 2.28 bits per heavy atom. The predicted octanol–water partition coefficient (Wildman–Crippen LogP) is 1.85. The standard InChI is InChI=1S/C13H18N2O3/c1-17-12-5-3-4-10(12)15-9-6-7-14-11(8-9)13(16)18-2/h6-8,10,12H,3-5H2,1-2H3,(H,14,15). The molecule has 1 heterocycles. The Labute approximate surface area is 107 Å². The number of nitrogens with zero attached hydrogens (tertiary/aromatic N) is 1. The van der Waals surface area contributed by atoms with E-state index in [0.717, 1.165) is 24.9 Å². The number of aromatic nitrogens is 1. The Bertz CT molecular complexity index is 422. The van der Waals surface area contributed by atoms with Gasteiger partial charge in [0, 0.05) is 19.0 Å². The fraction of sp³-hybridized carbons (Fsp3) is 0.538. The van der Waals surface area contributed by atoms with Crippen LogP contribution in [0.5, 0.6) is 0 Å². The summed E-state index contributed by atoms with van der Waals surface area (Å²) in [5.74, 6) is -0.423. The molecule has 1 N–H and O–H groups in total. The molecule has 0 aromatic carbocycles. The molecule has 2 atom stereocenters. The molecule has 0 radical (unpaired) electrons. The normalized spacial score (nSPS) is 22.8. The van der Waals surface area contributed by atoms with Gasteiger partial charge in [-0.1, -0.05) is 0 Å². The molecular formula is C13H18N2O3. The highest BCUT2D eigenvalue weighted by Gasteiger charge is 2.26. The fourth-order valence-corrected chi connectivity index (χ4v) is 2.32. The smallest absolute Gasteiger partial charge is 0.356 e. The summed E-state index contributed by atoms with van der Waals surface area (Å²) in [5.41, 5.74) is 1.19. The van der Waals surface area contributed by atoms with E-state index >= 15 is 0 Å². The average molecular weight is 250 g/mol. The van der Waals surface area contributed by atoms with Gasteiger partial charge < -0.3 is 14.8 Å². The van der Waals surface area contributed by atoms with Crippen molar-refractivity contribution in [2.75, 3.05) is 19.5 Å². The van der Waals surface area contributed by atoms with Crippen molar-refractivity contribution in [1.29, 1.82) is 0 Å². The third-order valence-corrected chi connectivity index (χ3v) is 3.26. The summed E-state index contributed by atoms with van der Waals surface area (Å²) in [6.07, 6.45) is 5.15. The molecule has 1 aromatic rings. The largest absolute Gasteiger partial charge is 0.464 e. The first-order valence-electron chi connectivity index (χ1n) is 6.08. The van der Waals surface area contributed by atoms with Gasteiger partial charge in [-0.3, -0.25) is 0 Å². The van der Waals surface area contributed by atoms with Crippen LogP contribution < -0.4 is 5.32 Å². The lowest BCUT2D eigenvalue weighted by Crippen LogP contribution is -2.29. The maximum absolute atomic E-state index is 11.4. The van der Waals surface area contributed by atoms with Gasteiger partial charge in [0.25, 0.3) is 0 Å². The molecule has 1 fully saturated rings. The minimum Gasteiger partial charge on any atom is -0.464 e. The van der Waals surface area contributed by atoms with E-state index in [1.807, 2.05) is 6.07 Å². The third kappa shape index (κ3) is 2.79. The van der Waals surface area contributed by atoms with Crippen LogP contribution in [-0.2, 0) is 9.47 Å². The molecule has 1 aromatic heterocycles. The van der Waals surface area contributed by atoms with Crippen LogP contribution in [0.15, 0.2) is 18.3 Å². The van der Waals surface area contributed by atoms with E-state index in [4.69, 9.17) is 4.74 Å². The molecule has 0 aliphatic heterocycles. The van der Waals surface area contributed by atoms with Gasteiger partial charge in [-0.2, -0.15) is 0 Å². The summed E-state index contributed by atoms with van der Waals surface area (Å²) in [4.78, 5) is 15.4. The summed E-state index contributed by atoms with van der Waals surface area (Å²) >= 11 is 0. The summed E-state index contributed by atoms with van der Waals surface area (Å²) in [7, 11) is 3.08. The molecule has 5 heteroatoms. The highest BCUT2D eigenvalue weighted by molar-refractivity contribution is 5.88. The summed E-state index contributed by atoms with van der Waals surface area (Å²) < 4.78 is 10.1. The maximum Gasteiger partial charge on any atom is 0.356 e. The van der Waals surface area contributed by atoms with Crippen LogP contribution in [0.3, 0.4) is 0 Å². The van der Waals surface area contributed by atoms with E-state index in [1.165, 1.54) is 7.11 Å². The SMILES string of the molecule is COC(=O)c1cc(NC2CCCC2OC)ccn1. The van der Waals surface area contributed by atoms with Gasteiger partial charge in [0.05, 0.1) is 19.3 Å². The molecule has 0 amide bonds. The first kappa shape index (κ1) is 12.8. The zero-order valence-electron chi connectivity index (χ0n) is 10.7. The van der Waals surface area contributed by atoms with Crippen LogP contribution in [0.4, 0.5) is 5.69 Å². The van der Waals surface area contributed by atoms with Crippen molar-refractivity contribution in [2.24, 2.45) is 0 Å². The van der Waals surface area contributed by atoms with Gasteiger partial charge in [-0.15, -0.1) is 0 Å². The Hall–Kier alpha value is -1.62. The van der Waals surface area contributed by atoms with E-state index < -0.39 is 5.97 Å². The number of nitrogens with one attached hydrogen (secondary N) is 1. The lowest BCUT2D eigenvalue weighted by molar-refractivity contribution is 0.0594. The zero-order chi connectivity index (χ0) is 13.0. The van der Waals surface area contributed by atoms with Crippen molar-refractivity contribution in [1.82, 2.24) is 4.98 Å². The molecular weight excluding hydrogens is 232 g/mol. The van der Waals surface area contributed by atoms with Gasteiger partial charge in [0.2, 0.25) is 0 Å². The number of pyridine rings is 1. The van der Waals surface area contributed by atoms with Crippen LogP contribution >= 0.6 is 0 Å². The van der Waals surface area contributed by atoms with Crippen molar-refractivity contribution in [3.8, 4) is 0 Å². The highest BCUT2D eigenvalue weighted by Crippen LogP contribution is 2.25. The van der Waals surface area contributed by atoms with E-state index in [0.29, 0.717) is 11.7 Å². The van der Waals surface area contributed by atoms with Crippen LogP contribution in [0.25, 0.3) is 0 Å². The number of hydrogen-bond donors (Lipinski definition) is 1. The van der Waals surface area contributed by atoms with Crippen molar-refractivity contribution < 1.29 is 14.3 Å². The Balaban J connectivity index is 2.07. The molecule has 2 rings (SSSR count). The second-order valence-electron chi connectivity index (χ2n) is 4.38. The summed E-state index contributed by atoms with van der Waals surface area (Å²) in [6, 6.07) is 3.84. The molecule has 98 valence electrons. The van der Waals surface area contributed by atoms with Gasteiger partial charge >= 0.3 is 5.97 Å². The fourth-order valence-electron chi connectivity index (χ4n) is 2.32. The average Bonchev–Trinajstić information content (AvgIpc) is 2.85. The zero-order valence-corrected chi connectivity index (χ0v) is 10.7. The monoisotopic (exact) mass is 250 g/mol. The second kappa shape index (κ2) is 5.82. The topological polar surface area (TPSA) is 60.5 Å². The minimum atomic E-state index is -0.423. The Morgan fingerprint density at radius 3 is 3.00 bits per heavy atom. The summed E-state index contributed by atoms with van der Waals surface area (Å²) in [6.45, 7) is 0. The van der Waals surface area contributed by atoms with E-state index in [2.05, 4.69) is 15.0 Å². The third-order valence-electron chi connectivity index (χ3n) is 3.26. The maximum atomic E-state index is 11.4. The molecule has 2 unspecified atom stereocenters. The van der Waals surface area contributed by atoms with Gasteiger partial charge in [-0.05, 0) is 31.4 Å². The highest BCUT2D eigenvalue weighted by atomic mass is 16.5. The Morgan fingerprint density at radius 1 is 1.44 bits per heavy atom. The molecule has 18 heavy (non-hydrogen) atoms. The van der Waals surface area contributed by atoms with Crippen molar-refractivity contribution >= 4 is 11.7 Å². The number of carbonyl (C=O) groups is 1. The van der Waals surface area contributed by atoms with Crippen molar-refractivity contribution in [2.45, 2.75) is 31.4 Å². The molecule has 0 spiro atoms. The van der Waals surface area contributed by atoms with E-state index in [1.54, 1.807) is 19.4 Å². The van der Waals surface area contributed by atoms with Gasteiger partial charge in [0.1, 0.15) is 5.69 Å². The molecule has 1 saturated carbocycles. The van der Waals surface area contributed by atoms with E-state index in [-0.39, 0.29) is 6.10 Å². The predicted molar refractivity (Wildman–Crippen MR) is 67.6 cm³/mol. The van der Waals surface area contributed by atoms with Crippen molar-refractivity contribution in [3.63, 3.8) is 0 Å². The molecule has 1 aliphatic rings. The van der Waals surface area contributed by atoms with Crippen LogP contribution in [0, 0.1) is 0 Å². The van der Waals surface area contributed by atoms with Gasteiger partial charge in [0.15, 0.2) is 0 Å². The molecule has 0 saturated heterocycles. The van der Waals surface area contributed by atoms with Crippen LogP contribution in [-0.4, -0.2) is 37.3 Å². The number of hydrogen-bond acceptors (Lipinski definition) is 5. The first-order valence-corrected chi connectivity index (χ1v) is 6.08. The number of anilines is 1. The lowest BCUT2D eigenvalue weighted by Gasteiger charge is -2.20. The number of ether oxygens (including phenoxy) is 2. The lowest BCUT2D eigenvalue weighted by atomic mass is 10.2. The van der Waals surface area contributed by atoms with Crippen LogP contribution in [0.2, 0.25) is 0 Å². The number of rotatable bonds is 4. The first-order chi connectivity index (χ1) is 8.74. The summed E-state index contributed by atoms with van der Waals surface area (Å²) in [5, 5.41) is 3.39. The second-order valence-corrected chi connectivity index (χ2v) is 4.38. The molecule has 1 aliphatic carbocycles. The van der Waals surface area contributed by atoms with Crippen LogP contribution in [0.1, 0.15) is 29.8 Å². The van der Waals surface area contributed by atoms with Crippen molar-refractivity contribution in [3.05, 3.63) is 24.0 Å². The molecule has 0 bridgehead atoms. The molecule has 5 nitrogen and oxygen atoms in total.